The van der Waals surface area contributed by atoms with Gasteiger partial charge in [0.25, 0.3) is 0 Å². The average molecular weight is 229 g/mol. The monoisotopic (exact) mass is 228 g/mol. The van der Waals surface area contributed by atoms with E-state index in [1.807, 2.05) is 0 Å². The summed E-state index contributed by atoms with van der Waals surface area (Å²) >= 11 is 5.99. The molecule has 0 saturated heterocycles. The molecule has 1 aromatic carbocycles. The minimum Gasteiger partial charge on any atom is -0.393 e. The summed E-state index contributed by atoms with van der Waals surface area (Å²) in [4.78, 5) is 0. The van der Waals surface area contributed by atoms with Crippen molar-refractivity contribution < 1.29 is 9.50 Å². The minimum atomic E-state index is -0.309. The number of aliphatic hydroxyl groups excluding tert-OH is 1. The van der Waals surface area contributed by atoms with Gasteiger partial charge in [0, 0.05) is 5.02 Å². The fourth-order valence-electron chi connectivity index (χ4n) is 2.40. The Hall–Kier alpha value is -0.600. The highest BCUT2D eigenvalue weighted by molar-refractivity contribution is 6.31. The summed E-state index contributed by atoms with van der Waals surface area (Å²) < 4.78 is 12.9. The van der Waals surface area contributed by atoms with Gasteiger partial charge in [-0.1, -0.05) is 31.0 Å². The Bertz CT molecular complexity index is 367. The zero-order valence-corrected chi connectivity index (χ0v) is 9.34. The van der Waals surface area contributed by atoms with E-state index in [4.69, 9.17) is 11.6 Å². The maximum atomic E-state index is 12.9. The van der Waals surface area contributed by atoms with Crippen LogP contribution in [0.5, 0.6) is 0 Å². The Morgan fingerprint density at radius 3 is 2.80 bits per heavy atom. The van der Waals surface area contributed by atoms with Gasteiger partial charge in [-0.05, 0) is 36.0 Å². The maximum Gasteiger partial charge on any atom is 0.124 e. The van der Waals surface area contributed by atoms with Crippen molar-refractivity contribution >= 4 is 11.6 Å². The van der Waals surface area contributed by atoms with Gasteiger partial charge in [0.2, 0.25) is 0 Å². The van der Waals surface area contributed by atoms with Crippen LogP contribution in [-0.2, 0) is 0 Å². The van der Waals surface area contributed by atoms with Crippen LogP contribution in [-0.4, -0.2) is 11.2 Å². The molecule has 0 aromatic heterocycles. The zero-order chi connectivity index (χ0) is 11.0. The Labute approximate surface area is 93.9 Å². The molecule has 1 N–H and O–H groups in total. The van der Waals surface area contributed by atoms with Gasteiger partial charge < -0.3 is 5.11 Å². The van der Waals surface area contributed by atoms with E-state index >= 15 is 0 Å². The fourth-order valence-corrected chi connectivity index (χ4v) is 2.71. The van der Waals surface area contributed by atoms with Crippen molar-refractivity contribution in [2.45, 2.75) is 31.8 Å². The molecule has 3 atom stereocenters. The third kappa shape index (κ3) is 1.88. The van der Waals surface area contributed by atoms with Crippen molar-refractivity contribution in [3.05, 3.63) is 34.6 Å². The summed E-state index contributed by atoms with van der Waals surface area (Å²) in [5, 5.41) is 10.0. The van der Waals surface area contributed by atoms with E-state index in [1.165, 1.54) is 12.1 Å². The molecule has 1 saturated carbocycles. The molecular weight excluding hydrogens is 215 g/mol. The van der Waals surface area contributed by atoms with E-state index in [0.717, 1.165) is 18.4 Å². The second-order valence-corrected chi connectivity index (χ2v) is 4.55. The topological polar surface area (TPSA) is 20.2 Å². The van der Waals surface area contributed by atoms with Crippen molar-refractivity contribution in [1.82, 2.24) is 0 Å². The number of hydrogen-bond donors (Lipinski definition) is 1. The predicted octanol–water partition coefficient (Wildman–Crippen LogP) is 3.35. The van der Waals surface area contributed by atoms with E-state index in [-0.39, 0.29) is 23.8 Å². The lowest BCUT2D eigenvalue weighted by atomic mass is 9.66. The van der Waals surface area contributed by atoms with Crippen LogP contribution >= 0.6 is 11.6 Å². The molecule has 1 aliphatic rings. The molecular formula is C12H14ClFO. The van der Waals surface area contributed by atoms with Crippen molar-refractivity contribution in [3.8, 4) is 0 Å². The highest BCUT2D eigenvalue weighted by Gasteiger charge is 2.40. The summed E-state index contributed by atoms with van der Waals surface area (Å²) in [5.41, 5.74) is 0.968. The van der Waals surface area contributed by atoms with Gasteiger partial charge >= 0.3 is 0 Å². The maximum absolute atomic E-state index is 12.9. The quantitative estimate of drug-likeness (QED) is 0.823. The molecule has 0 radical (unpaired) electrons. The summed E-state index contributed by atoms with van der Waals surface area (Å²) in [7, 11) is 0. The molecule has 15 heavy (non-hydrogen) atoms. The van der Waals surface area contributed by atoms with Gasteiger partial charge in [-0.2, -0.15) is 0 Å². The molecule has 82 valence electrons. The first kappa shape index (κ1) is 10.9. The number of aliphatic hydroxyl groups is 1. The van der Waals surface area contributed by atoms with Crippen LogP contribution in [0.15, 0.2) is 18.2 Å². The minimum absolute atomic E-state index is 0.221. The summed E-state index contributed by atoms with van der Waals surface area (Å²) in [5.74, 6) is 0.253. The van der Waals surface area contributed by atoms with Gasteiger partial charge in [0.1, 0.15) is 5.82 Å². The Kier molecular flexibility index (Phi) is 2.98. The second-order valence-electron chi connectivity index (χ2n) is 4.15. The van der Waals surface area contributed by atoms with Gasteiger partial charge in [0.15, 0.2) is 0 Å². The first-order valence-electron chi connectivity index (χ1n) is 5.26. The second kappa shape index (κ2) is 4.11. The van der Waals surface area contributed by atoms with Crippen LogP contribution in [0.4, 0.5) is 4.39 Å². The van der Waals surface area contributed by atoms with Gasteiger partial charge in [-0.15, -0.1) is 0 Å². The lowest BCUT2D eigenvalue weighted by molar-refractivity contribution is -0.000704. The third-order valence-corrected chi connectivity index (χ3v) is 3.67. The lowest BCUT2D eigenvalue weighted by Gasteiger charge is -2.42. The van der Waals surface area contributed by atoms with Gasteiger partial charge in [-0.25, -0.2) is 4.39 Å². The van der Waals surface area contributed by atoms with Crippen molar-refractivity contribution in [2.75, 3.05) is 0 Å². The number of benzene rings is 1. The van der Waals surface area contributed by atoms with E-state index in [1.54, 1.807) is 6.07 Å². The van der Waals surface area contributed by atoms with Gasteiger partial charge in [0.05, 0.1) is 6.10 Å². The van der Waals surface area contributed by atoms with Crippen LogP contribution in [0.1, 0.15) is 31.2 Å². The predicted molar refractivity (Wildman–Crippen MR) is 58.6 cm³/mol. The molecule has 0 amide bonds. The highest BCUT2D eigenvalue weighted by atomic mass is 35.5. The van der Waals surface area contributed by atoms with Crippen LogP contribution in [0.3, 0.4) is 0 Å². The molecule has 0 heterocycles. The van der Waals surface area contributed by atoms with Crippen molar-refractivity contribution in [3.63, 3.8) is 0 Å². The van der Waals surface area contributed by atoms with Crippen LogP contribution in [0.2, 0.25) is 5.02 Å². The first-order chi connectivity index (χ1) is 7.13. The smallest absolute Gasteiger partial charge is 0.124 e. The summed E-state index contributed by atoms with van der Waals surface area (Å²) in [6, 6.07) is 4.50. The number of hydrogen-bond acceptors (Lipinski definition) is 1. The van der Waals surface area contributed by atoms with E-state index in [0.29, 0.717) is 5.02 Å². The highest BCUT2D eigenvalue weighted by Crippen LogP contribution is 2.46. The van der Waals surface area contributed by atoms with E-state index in [2.05, 4.69) is 6.92 Å². The molecule has 3 heteroatoms. The number of rotatable bonds is 2. The number of halogens is 2. The van der Waals surface area contributed by atoms with E-state index < -0.39 is 0 Å². The zero-order valence-electron chi connectivity index (χ0n) is 8.58. The Morgan fingerprint density at radius 1 is 1.53 bits per heavy atom. The van der Waals surface area contributed by atoms with Crippen LogP contribution < -0.4 is 0 Å². The standard InChI is InChI=1S/C12H14ClFO/c1-2-8-10(6-12(8)15)9-4-3-7(14)5-11(9)13/h3-5,8,10,12,15H,2,6H2,1H3. The van der Waals surface area contributed by atoms with Gasteiger partial charge in [-0.3, -0.25) is 0 Å². The molecule has 0 aliphatic heterocycles. The van der Waals surface area contributed by atoms with Crippen molar-refractivity contribution in [1.29, 1.82) is 0 Å². The Balaban J connectivity index is 2.23. The third-order valence-electron chi connectivity index (χ3n) is 3.34. The summed E-state index contributed by atoms with van der Waals surface area (Å²) in [6.07, 6.45) is 1.45. The largest absolute Gasteiger partial charge is 0.393 e. The van der Waals surface area contributed by atoms with Crippen LogP contribution in [0.25, 0.3) is 0 Å². The fraction of sp³-hybridized carbons (Fsp3) is 0.500. The molecule has 1 nitrogen and oxygen atoms in total. The van der Waals surface area contributed by atoms with Crippen LogP contribution in [0, 0.1) is 11.7 Å². The molecule has 3 unspecified atom stereocenters. The lowest BCUT2D eigenvalue weighted by Crippen LogP contribution is -2.39. The van der Waals surface area contributed by atoms with Crippen molar-refractivity contribution in [2.24, 2.45) is 5.92 Å². The molecule has 1 fully saturated rings. The Morgan fingerprint density at radius 2 is 2.27 bits per heavy atom. The molecule has 1 aliphatic carbocycles. The average Bonchev–Trinajstić information content (AvgIpc) is 2.16. The molecule has 0 spiro atoms. The molecule has 1 aromatic rings. The molecule has 2 rings (SSSR count). The summed E-state index contributed by atoms with van der Waals surface area (Å²) in [6.45, 7) is 2.05. The normalized spacial score (nSPS) is 30.0. The SMILES string of the molecule is CCC1C(O)CC1c1ccc(F)cc1Cl. The molecule has 0 bridgehead atoms. The first-order valence-corrected chi connectivity index (χ1v) is 5.64. The van der Waals surface area contributed by atoms with E-state index in [9.17, 15) is 9.50 Å².